The Morgan fingerprint density at radius 2 is 1.93 bits per heavy atom. The molecule has 1 saturated carbocycles. The molecule has 0 atom stereocenters. The molecule has 0 aromatic heterocycles. The van der Waals surface area contributed by atoms with Crippen LogP contribution in [-0.4, -0.2) is 30.1 Å². The molecule has 88 valence electrons. The van der Waals surface area contributed by atoms with Crippen molar-refractivity contribution in [2.45, 2.75) is 43.8 Å². The first kappa shape index (κ1) is 12.7. The lowest BCUT2D eigenvalue weighted by Crippen LogP contribution is -2.45. The van der Waals surface area contributed by atoms with Gasteiger partial charge in [-0.3, -0.25) is 0 Å². The van der Waals surface area contributed by atoms with Crippen LogP contribution in [0.2, 0.25) is 0 Å². The zero-order valence-corrected chi connectivity index (χ0v) is 10.6. The van der Waals surface area contributed by atoms with Crippen molar-refractivity contribution in [1.29, 1.82) is 0 Å². The summed E-state index contributed by atoms with van der Waals surface area (Å²) >= 11 is 1.91. The average Bonchev–Trinajstić information content (AvgIpc) is 2.28. The van der Waals surface area contributed by atoms with Crippen LogP contribution in [-0.2, 0) is 0 Å². The van der Waals surface area contributed by atoms with Gasteiger partial charge in [-0.2, -0.15) is 11.8 Å². The maximum absolute atomic E-state index is 11.3. The minimum Gasteiger partial charge on any atom is -0.338 e. The normalized spacial score (nSPS) is 19.6. The topological polar surface area (TPSA) is 41.1 Å². The Bertz CT molecular complexity index is 203. The standard InChI is InChI=1S/C11H22N2OS/c1-3-12-10(14)13-9-11(15-2)7-5-4-6-8-11/h3-9H2,1-2H3,(H2,12,13,14). The molecule has 1 fully saturated rings. The molecule has 0 spiro atoms. The quantitative estimate of drug-likeness (QED) is 0.778. The summed E-state index contributed by atoms with van der Waals surface area (Å²) in [5.41, 5.74) is 0. The van der Waals surface area contributed by atoms with Gasteiger partial charge in [0.2, 0.25) is 0 Å². The first-order chi connectivity index (χ1) is 7.22. The van der Waals surface area contributed by atoms with E-state index in [0.29, 0.717) is 11.3 Å². The number of carbonyl (C=O) groups excluding carboxylic acids is 1. The summed E-state index contributed by atoms with van der Waals surface area (Å²) in [6.45, 7) is 3.43. The highest BCUT2D eigenvalue weighted by Gasteiger charge is 2.31. The predicted octanol–water partition coefficient (Wildman–Crippen LogP) is 2.37. The Kier molecular flexibility index (Phi) is 5.29. The maximum Gasteiger partial charge on any atom is 0.314 e. The molecule has 0 heterocycles. The van der Waals surface area contributed by atoms with Crippen LogP contribution in [0.1, 0.15) is 39.0 Å². The van der Waals surface area contributed by atoms with Crippen LogP contribution in [0.15, 0.2) is 0 Å². The lowest BCUT2D eigenvalue weighted by Gasteiger charge is -2.35. The van der Waals surface area contributed by atoms with Crippen LogP contribution in [0.5, 0.6) is 0 Å². The van der Waals surface area contributed by atoms with E-state index in [9.17, 15) is 4.79 Å². The number of nitrogens with one attached hydrogen (secondary N) is 2. The van der Waals surface area contributed by atoms with Gasteiger partial charge in [-0.05, 0) is 26.0 Å². The van der Waals surface area contributed by atoms with Crippen LogP contribution in [0, 0.1) is 0 Å². The number of carbonyl (C=O) groups is 1. The second-order valence-corrected chi connectivity index (χ2v) is 5.44. The van der Waals surface area contributed by atoms with Crippen molar-refractivity contribution in [3.05, 3.63) is 0 Å². The van der Waals surface area contributed by atoms with Gasteiger partial charge in [0.25, 0.3) is 0 Å². The Morgan fingerprint density at radius 1 is 1.27 bits per heavy atom. The summed E-state index contributed by atoms with van der Waals surface area (Å²) < 4.78 is 0.295. The van der Waals surface area contributed by atoms with Crippen molar-refractivity contribution >= 4 is 17.8 Å². The molecule has 0 aromatic rings. The van der Waals surface area contributed by atoms with Crippen LogP contribution in [0.3, 0.4) is 0 Å². The van der Waals surface area contributed by atoms with Crippen molar-refractivity contribution in [3.8, 4) is 0 Å². The molecule has 1 rings (SSSR count). The van der Waals surface area contributed by atoms with Gasteiger partial charge in [0.05, 0.1) is 0 Å². The molecule has 1 aliphatic rings. The van der Waals surface area contributed by atoms with E-state index in [1.807, 2.05) is 18.7 Å². The molecule has 2 N–H and O–H groups in total. The van der Waals surface area contributed by atoms with Gasteiger partial charge in [0.1, 0.15) is 0 Å². The summed E-state index contributed by atoms with van der Waals surface area (Å²) in [6.07, 6.45) is 8.59. The van der Waals surface area contributed by atoms with Gasteiger partial charge in [-0.15, -0.1) is 0 Å². The van der Waals surface area contributed by atoms with Crippen molar-refractivity contribution in [2.75, 3.05) is 19.3 Å². The van der Waals surface area contributed by atoms with E-state index in [1.54, 1.807) is 0 Å². The van der Waals surface area contributed by atoms with Gasteiger partial charge in [-0.1, -0.05) is 19.3 Å². The van der Waals surface area contributed by atoms with Gasteiger partial charge in [0, 0.05) is 17.8 Å². The van der Waals surface area contributed by atoms with E-state index in [4.69, 9.17) is 0 Å². The van der Waals surface area contributed by atoms with E-state index in [1.165, 1.54) is 32.1 Å². The summed E-state index contributed by atoms with van der Waals surface area (Å²) in [5.74, 6) is 0. The third-order valence-electron chi connectivity index (χ3n) is 3.11. The second-order valence-electron chi connectivity index (χ2n) is 4.16. The van der Waals surface area contributed by atoms with Crippen LogP contribution < -0.4 is 10.6 Å². The highest BCUT2D eigenvalue weighted by molar-refractivity contribution is 8.00. The molecule has 0 unspecified atom stereocenters. The molecule has 15 heavy (non-hydrogen) atoms. The minimum absolute atomic E-state index is 0.0310. The highest BCUT2D eigenvalue weighted by Crippen LogP contribution is 2.37. The fourth-order valence-electron chi connectivity index (χ4n) is 2.11. The zero-order chi connectivity index (χ0) is 11.1. The molecule has 3 nitrogen and oxygen atoms in total. The Hall–Kier alpha value is -0.380. The Balaban J connectivity index is 2.35. The summed E-state index contributed by atoms with van der Waals surface area (Å²) in [7, 11) is 0. The highest BCUT2D eigenvalue weighted by atomic mass is 32.2. The van der Waals surface area contributed by atoms with Crippen LogP contribution >= 0.6 is 11.8 Å². The van der Waals surface area contributed by atoms with Crippen molar-refractivity contribution in [2.24, 2.45) is 0 Å². The second kappa shape index (κ2) is 6.26. The molecule has 0 saturated heterocycles. The zero-order valence-electron chi connectivity index (χ0n) is 9.77. The molecular weight excluding hydrogens is 208 g/mol. The number of hydrogen-bond acceptors (Lipinski definition) is 2. The number of urea groups is 1. The fourth-order valence-corrected chi connectivity index (χ4v) is 3.03. The molecule has 0 aliphatic heterocycles. The third kappa shape index (κ3) is 3.93. The van der Waals surface area contributed by atoms with Crippen molar-refractivity contribution in [1.82, 2.24) is 10.6 Å². The first-order valence-corrected chi connectivity index (χ1v) is 7.02. The van der Waals surface area contributed by atoms with E-state index in [2.05, 4.69) is 16.9 Å². The largest absolute Gasteiger partial charge is 0.338 e. The van der Waals surface area contributed by atoms with E-state index < -0.39 is 0 Å². The Morgan fingerprint density at radius 3 is 2.47 bits per heavy atom. The van der Waals surface area contributed by atoms with E-state index in [-0.39, 0.29) is 6.03 Å². The smallest absolute Gasteiger partial charge is 0.314 e. The van der Waals surface area contributed by atoms with E-state index >= 15 is 0 Å². The monoisotopic (exact) mass is 230 g/mol. The van der Waals surface area contributed by atoms with Gasteiger partial charge < -0.3 is 10.6 Å². The molecular formula is C11H22N2OS. The van der Waals surface area contributed by atoms with Gasteiger partial charge >= 0.3 is 6.03 Å². The maximum atomic E-state index is 11.3. The summed E-state index contributed by atoms with van der Waals surface area (Å²) in [4.78, 5) is 11.3. The fraction of sp³-hybridized carbons (Fsp3) is 0.909. The Labute approximate surface area is 96.8 Å². The third-order valence-corrected chi connectivity index (χ3v) is 4.52. The first-order valence-electron chi connectivity index (χ1n) is 5.79. The van der Waals surface area contributed by atoms with E-state index in [0.717, 1.165) is 6.54 Å². The van der Waals surface area contributed by atoms with Crippen LogP contribution in [0.25, 0.3) is 0 Å². The summed E-state index contributed by atoms with van der Waals surface area (Å²) in [5, 5.41) is 5.74. The van der Waals surface area contributed by atoms with Gasteiger partial charge in [0.15, 0.2) is 0 Å². The SMILES string of the molecule is CCNC(=O)NCC1(SC)CCCCC1. The number of amides is 2. The number of rotatable bonds is 4. The minimum atomic E-state index is -0.0310. The predicted molar refractivity (Wildman–Crippen MR) is 66.4 cm³/mol. The lowest BCUT2D eigenvalue weighted by molar-refractivity contribution is 0.238. The summed E-state index contributed by atoms with van der Waals surface area (Å²) in [6, 6.07) is -0.0310. The molecule has 0 aromatic carbocycles. The average molecular weight is 230 g/mol. The molecule has 0 radical (unpaired) electrons. The number of hydrogen-bond donors (Lipinski definition) is 2. The van der Waals surface area contributed by atoms with Crippen molar-refractivity contribution < 1.29 is 4.79 Å². The molecule has 0 bridgehead atoms. The number of thioether (sulfide) groups is 1. The van der Waals surface area contributed by atoms with Gasteiger partial charge in [-0.25, -0.2) is 4.79 Å². The molecule has 2 amide bonds. The van der Waals surface area contributed by atoms with Crippen molar-refractivity contribution in [3.63, 3.8) is 0 Å². The lowest BCUT2D eigenvalue weighted by atomic mass is 9.88. The molecule has 4 heteroatoms. The van der Waals surface area contributed by atoms with Crippen LogP contribution in [0.4, 0.5) is 4.79 Å². The molecule has 1 aliphatic carbocycles.